The van der Waals surface area contributed by atoms with Crippen molar-refractivity contribution in [1.29, 1.82) is 0 Å². The van der Waals surface area contributed by atoms with Gasteiger partial charge < -0.3 is 10.5 Å². The van der Waals surface area contributed by atoms with E-state index in [4.69, 9.17) is 10.5 Å². The van der Waals surface area contributed by atoms with Crippen LogP contribution in [0.4, 0.5) is 0 Å². The molecule has 0 amide bonds. The predicted octanol–water partition coefficient (Wildman–Crippen LogP) is 2.92. The van der Waals surface area contributed by atoms with E-state index in [-0.39, 0.29) is 12.1 Å². The molecular formula is C13H21BrN2O. The lowest BCUT2D eigenvalue weighted by Crippen LogP contribution is -2.38. The van der Waals surface area contributed by atoms with Crippen molar-refractivity contribution in [2.75, 3.05) is 6.61 Å². The van der Waals surface area contributed by atoms with E-state index in [1.807, 2.05) is 13.1 Å². The SMILES string of the molecule is CCCC(OCC)C(N)Cc1cncc(Br)c1. The van der Waals surface area contributed by atoms with Crippen LogP contribution in [0.1, 0.15) is 32.3 Å². The van der Waals surface area contributed by atoms with Crippen molar-refractivity contribution in [3.05, 3.63) is 28.5 Å². The molecular weight excluding hydrogens is 280 g/mol. The van der Waals surface area contributed by atoms with E-state index >= 15 is 0 Å². The summed E-state index contributed by atoms with van der Waals surface area (Å²) in [6.45, 7) is 4.88. The second-order valence-corrected chi connectivity index (χ2v) is 5.08. The lowest BCUT2D eigenvalue weighted by atomic mass is 10.0. The van der Waals surface area contributed by atoms with E-state index in [0.717, 1.165) is 35.9 Å². The second kappa shape index (κ2) is 7.80. The highest BCUT2D eigenvalue weighted by atomic mass is 79.9. The Bertz CT molecular complexity index is 327. The van der Waals surface area contributed by atoms with Gasteiger partial charge in [0.2, 0.25) is 0 Å². The first-order valence-electron chi connectivity index (χ1n) is 6.14. The highest BCUT2D eigenvalue weighted by molar-refractivity contribution is 9.10. The minimum atomic E-state index is 0.0333. The van der Waals surface area contributed by atoms with Crippen molar-refractivity contribution >= 4 is 15.9 Å². The van der Waals surface area contributed by atoms with Crippen LogP contribution in [0.25, 0.3) is 0 Å². The molecule has 4 heteroatoms. The van der Waals surface area contributed by atoms with Crippen LogP contribution in [0.3, 0.4) is 0 Å². The van der Waals surface area contributed by atoms with E-state index in [9.17, 15) is 0 Å². The normalized spacial score (nSPS) is 14.6. The lowest BCUT2D eigenvalue weighted by molar-refractivity contribution is 0.0378. The predicted molar refractivity (Wildman–Crippen MR) is 73.9 cm³/mol. The zero-order valence-corrected chi connectivity index (χ0v) is 12.1. The summed E-state index contributed by atoms with van der Waals surface area (Å²) in [5.74, 6) is 0. The highest BCUT2D eigenvalue weighted by Gasteiger charge is 2.17. The van der Waals surface area contributed by atoms with E-state index < -0.39 is 0 Å². The molecule has 0 spiro atoms. The van der Waals surface area contributed by atoms with E-state index in [1.165, 1.54) is 0 Å². The summed E-state index contributed by atoms with van der Waals surface area (Å²) in [5.41, 5.74) is 7.35. The fourth-order valence-corrected chi connectivity index (χ4v) is 2.30. The average molecular weight is 301 g/mol. The molecule has 2 unspecified atom stereocenters. The maximum atomic E-state index is 6.20. The van der Waals surface area contributed by atoms with Crippen LogP contribution in [0, 0.1) is 0 Å². The Morgan fingerprint density at radius 2 is 2.18 bits per heavy atom. The number of halogens is 1. The lowest BCUT2D eigenvalue weighted by Gasteiger charge is -2.23. The molecule has 1 aromatic heterocycles. The maximum Gasteiger partial charge on any atom is 0.0728 e. The number of hydrogen-bond acceptors (Lipinski definition) is 3. The van der Waals surface area contributed by atoms with E-state index in [2.05, 4.69) is 33.9 Å². The molecule has 0 saturated heterocycles. The summed E-state index contributed by atoms with van der Waals surface area (Å²) in [6, 6.07) is 2.09. The molecule has 17 heavy (non-hydrogen) atoms. The van der Waals surface area contributed by atoms with Crippen LogP contribution in [0.5, 0.6) is 0 Å². The molecule has 1 rings (SSSR count). The van der Waals surface area contributed by atoms with Crippen molar-refractivity contribution in [1.82, 2.24) is 4.98 Å². The van der Waals surface area contributed by atoms with Gasteiger partial charge in [-0.25, -0.2) is 0 Å². The first-order chi connectivity index (χ1) is 8.17. The highest BCUT2D eigenvalue weighted by Crippen LogP contribution is 2.14. The number of pyridine rings is 1. The quantitative estimate of drug-likeness (QED) is 0.842. The van der Waals surface area contributed by atoms with E-state index in [0.29, 0.717) is 0 Å². The summed E-state index contributed by atoms with van der Waals surface area (Å²) in [6.07, 6.45) is 6.69. The standard InChI is InChI=1S/C13H21BrN2O/c1-3-5-13(17-4-2)12(15)7-10-6-11(14)9-16-8-10/h6,8-9,12-13H,3-5,7,15H2,1-2H3. The Morgan fingerprint density at radius 3 is 2.76 bits per heavy atom. The maximum absolute atomic E-state index is 6.20. The van der Waals surface area contributed by atoms with Crippen LogP contribution < -0.4 is 5.73 Å². The Morgan fingerprint density at radius 1 is 1.41 bits per heavy atom. The number of ether oxygens (including phenoxy) is 1. The third-order valence-electron chi connectivity index (χ3n) is 2.66. The van der Waals surface area contributed by atoms with Crippen molar-refractivity contribution in [3.63, 3.8) is 0 Å². The third-order valence-corrected chi connectivity index (χ3v) is 3.10. The largest absolute Gasteiger partial charge is 0.377 e. The van der Waals surface area contributed by atoms with Gasteiger partial charge in [-0.1, -0.05) is 13.3 Å². The van der Waals surface area contributed by atoms with Gasteiger partial charge in [0.05, 0.1) is 6.10 Å². The van der Waals surface area contributed by atoms with Gasteiger partial charge in [0.1, 0.15) is 0 Å². The molecule has 1 aromatic rings. The first kappa shape index (κ1) is 14.6. The molecule has 0 aliphatic heterocycles. The smallest absolute Gasteiger partial charge is 0.0728 e. The van der Waals surface area contributed by atoms with Crippen molar-refractivity contribution in [2.45, 2.75) is 45.3 Å². The molecule has 0 aromatic carbocycles. The topological polar surface area (TPSA) is 48.1 Å². The van der Waals surface area contributed by atoms with Crippen LogP contribution in [0.15, 0.2) is 22.9 Å². The van der Waals surface area contributed by atoms with Gasteiger partial charge in [0, 0.05) is 29.5 Å². The van der Waals surface area contributed by atoms with Crippen LogP contribution in [0.2, 0.25) is 0 Å². The Labute approximate surface area is 112 Å². The summed E-state index contributed by atoms with van der Waals surface area (Å²) < 4.78 is 6.68. The van der Waals surface area contributed by atoms with Crippen molar-refractivity contribution < 1.29 is 4.74 Å². The number of rotatable bonds is 7. The van der Waals surface area contributed by atoms with Gasteiger partial charge in [-0.2, -0.15) is 0 Å². The summed E-state index contributed by atoms with van der Waals surface area (Å²) in [4.78, 5) is 4.15. The molecule has 3 nitrogen and oxygen atoms in total. The fraction of sp³-hybridized carbons (Fsp3) is 0.615. The van der Waals surface area contributed by atoms with Crippen LogP contribution in [-0.2, 0) is 11.2 Å². The molecule has 0 fully saturated rings. The fourth-order valence-electron chi connectivity index (χ4n) is 1.89. The number of aromatic nitrogens is 1. The molecule has 0 bridgehead atoms. The Hall–Kier alpha value is -0.450. The monoisotopic (exact) mass is 300 g/mol. The minimum Gasteiger partial charge on any atom is -0.377 e. The minimum absolute atomic E-state index is 0.0333. The number of hydrogen-bond donors (Lipinski definition) is 1. The molecule has 2 N–H and O–H groups in total. The van der Waals surface area contributed by atoms with Gasteiger partial charge in [0.25, 0.3) is 0 Å². The summed E-state index contributed by atoms with van der Waals surface area (Å²) in [5, 5.41) is 0. The Kier molecular flexibility index (Phi) is 6.70. The third kappa shape index (κ3) is 5.15. The van der Waals surface area contributed by atoms with Crippen LogP contribution in [-0.4, -0.2) is 23.7 Å². The summed E-state index contributed by atoms with van der Waals surface area (Å²) >= 11 is 3.42. The zero-order valence-electron chi connectivity index (χ0n) is 10.5. The Balaban J connectivity index is 2.59. The van der Waals surface area contributed by atoms with Gasteiger partial charge in [-0.05, 0) is 47.3 Å². The van der Waals surface area contributed by atoms with Crippen molar-refractivity contribution in [2.24, 2.45) is 5.73 Å². The van der Waals surface area contributed by atoms with E-state index in [1.54, 1.807) is 6.20 Å². The zero-order chi connectivity index (χ0) is 12.7. The molecule has 1 heterocycles. The van der Waals surface area contributed by atoms with Gasteiger partial charge >= 0.3 is 0 Å². The molecule has 2 atom stereocenters. The molecule has 96 valence electrons. The van der Waals surface area contributed by atoms with Gasteiger partial charge in [0.15, 0.2) is 0 Å². The van der Waals surface area contributed by atoms with Gasteiger partial charge in [-0.3, -0.25) is 4.98 Å². The number of nitrogens with two attached hydrogens (primary N) is 1. The van der Waals surface area contributed by atoms with Crippen LogP contribution >= 0.6 is 15.9 Å². The van der Waals surface area contributed by atoms with Crippen molar-refractivity contribution in [3.8, 4) is 0 Å². The second-order valence-electron chi connectivity index (χ2n) is 4.16. The molecule has 0 aliphatic rings. The molecule has 0 aliphatic carbocycles. The first-order valence-corrected chi connectivity index (χ1v) is 6.93. The van der Waals surface area contributed by atoms with Gasteiger partial charge in [-0.15, -0.1) is 0 Å². The molecule has 0 radical (unpaired) electrons. The number of nitrogens with zero attached hydrogens (tertiary/aromatic N) is 1. The average Bonchev–Trinajstić information content (AvgIpc) is 2.28. The molecule has 0 saturated carbocycles. The summed E-state index contributed by atoms with van der Waals surface area (Å²) in [7, 11) is 0.